The van der Waals surface area contributed by atoms with Crippen LogP contribution in [0.4, 0.5) is 5.69 Å². The minimum atomic E-state index is -1.36. The molecule has 0 heterocycles. The predicted octanol–water partition coefficient (Wildman–Crippen LogP) is 0.749. The summed E-state index contributed by atoms with van der Waals surface area (Å²) < 4.78 is 4.74. The van der Waals surface area contributed by atoms with Gasteiger partial charge in [0.05, 0.1) is 10.5 Å². The molecule has 0 aliphatic heterocycles. The van der Waals surface area contributed by atoms with Gasteiger partial charge < -0.3 is 15.2 Å². The Morgan fingerprint density at radius 3 is 2.59 bits per heavy atom. The number of nitro benzene ring substituents is 1. The van der Waals surface area contributed by atoms with Crippen LogP contribution in [-0.2, 0) is 32.3 Å². The number of esters is 1. The second-order valence-corrected chi connectivity index (χ2v) is 4.31. The second-order valence-electron chi connectivity index (χ2n) is 4.31. The molecule has 0 fully saturated rings. The number of hydrogen-bond donors (Lipinski definition) is 2. The van der Waals surface area contributed by atoms with Crippen molar-refractivity contribution in [2.45, 2.75) is 26.5 Å². The maximum Gasteiger partial charge on any atom is 0.317 e. The number of carbonyl (C=O) groups is 3. The first-order valence-corrected chi connectivity index (χ1v) is 6.18. The Morgan fingerprint density at radius 2 is 2.05 bits per heavy atom. The van der Waals surface area contributed by atoms with Crippen LogP contribution < -0.4 is 5.32 Å². The van der Waals surface area contributed by atoms with Gasteiger partial charge in [-0.3, -0.25) is 24.5 Å². The molecular formula is C13H14N2O7. The molecule has 118 valence electrons. The third-order valence-electron chi connectivity index (χ3n) is 2.65. The zero-order valence-electron chi connectivity index (χ0n) is 11.7. The van der Waals surface area contributed by atoms with Crippen molar-refractivity contribution in [2.24, 2.45) is 0 Å². The van der Waals surface area contributed by atoms with E-state index in [1.807, 2.05) is 0 Å². The highest BCUT2D eigenvalue weighted by Gasteiger charge is 2.19. The number of nitro groups is 1. The number of rotatable bonds is 7. The molecule has 0 bridgehead atoms. The minimum Gasteiger partial charge on any atom is -0.481 e. The van der Waals surface area contributed by atoms with Crippen molar-refractivity contribution in [1.29, 1.82) is 0 Å². The Labute approximate surface area is 125 Å². The molecular weight excluding hydrogens is 296 g/mol. The lowest BCUT2D eigenvalue weighted by Gasteiger charge is -2.11. The normalized spacial score (nSPS) is 9.86. The van der Waals surface area contributed by atoms with E-state index >= 15 is 0 Å². The van der Waals surface area contributed by atoms with Gasteiger partial charge in [0, 0.05) is 19.5 Å². The van der Waals surface area contributed by atoms with Crippen molar-refractivity contribution in [2.75, 3.05) is 0 Å². The zero-order chi connectivity index (χ0) is 16.7. The SMILES string of the molecule is CC(=O)NCc1cccc([N+](=O)[O-])c1COC(=O)CC(=O)O. The Balaban J connectivity index is 2.96. The van der Waals surface area contributed by atoms with Gasteiger partial charge in [-0.05, 0) is 5.56 Å². The lowest BCUT2D eigenvalue weighted by molar-refractivity contribution is -0.385. The summed E-state index contributed by atoms with van der Waals surface area (Å²) in [6, 6.07) is 4.22. The van der Waals surface area contributed by atoms with Crippen LogP contribution in [0.5, 0.6) is 0 Å². The van der Waals surface area contributed by atoms with Gasteiger partial charge in [-0.15, -0.1) is 0 Å². The number of amides is 1. The molecule has 0 spiro atoms. The molecule has 1 aromatic carbocycles. The molecule has 0 saturated carbocycles. The van der Waals surface area contributed by atoms with E-state index in [9.17, 15) is 24.5 Å². The van der Waals surface area contributed by atoms with E-state index in [4.69, 9.17) is 9.84 Å². The first-order valence-electron chi connectivity index (χ1n) is 6.18. The van der Waals surface area contributed by atoms with Gasteiger partial charge in [0.25, 0.3) is 5.69 Å². The molecule has 0 atom stereocenters. The van der Waals surface area contributed by atoms with Crippen molar-refractivity contribution in [1.82, 2.24) is 5.32 Å². The van der Waals surface area contributed by atoms with E-state index in [1.165, 1.54) is 19.1 Å². The lowest BCUT2D eigenvalue weighted by Crippen LogP contribution is -2.20. The predicted molar refractivity (Wildman–Crippen MR) is 72.7 cm³/mol. The fourth-order valence-corrected chi connectivity index (χ4v) is 1.67. The summed E-state index contributed by atoms with van der Waals surface area (Å²) in [5.74, 6) is -2.68. The Hall–Kier alpha value is -2.97. The number of aliphatic carboxylic acids is 1. The average Bonchev–Trinajstić information content (AvgIpc) is 2.41. The fraction of sp³-hybridized carbons (Fsp3) is 0.308. The summed E-state index contributed by atoms with van der Waals surface area (Å²) in [5.41, 5.74) is 0.249. The number of carbonyl (C=O) groups excluding carboxylic acids is 2. The number of nitrogens with one attached hydrogen (secondary N) is 1. The summed E-state index contributed by atoms with van der Waals surface area (Å²) in [5, 5.41) is 22.0. The number of carboxylic acids is 1. The highest BCUT2D eigenvalue weighted by molar-refractivity contribution is 5.90. The number of hydrogen-bond acceptors (Lipinski definition) is 6. The molecule has 1 amide bonds. The molecule has 1 rings (SSSR count). The van der Waals surface area contributed by atoms with Gasteiger partial charge in [-0.2, -0.15) is 0 Å². The van der Waals surface area contributed by atoms with Crippen molar-refractivity contribution in [3.8, 4) is 0 Å². The highest BCUT2D eigenvalue weighted by atomic mass is 16.6. The Bertz CT molecular complexity index is 612. The van der Waals surface area contributed by atoms with Crippen molar-refractivity contribution in [3.63, 3.8) is 0 Å². The number of nitrogens with zero attached hydrogens (tertiary/aromatic N) is 1. The standard InChI is InChI=1S/C13H14N2O7/c1-8(16)14-6-9-3-2-4-11(15(20)21)10(9)7-22-13(19)5-12(17)18/h2-4H,5-7H2,1H3,(H,14,16)(H,17,18). The van der Waals surface area contributed by atoms with E-state index in [0.717, 1.165) is 0 Å². The van der Waals surface area contributed by atoms with Gasteiger partial charge in [-0.1, -0.05) is 12.1 Å². The summed E-state index contributed by atoms with van der Waals surface area (Å²) in [7, 11) is 0. The van der Waals surface area contributed by atoms with Crippen molar-refractivity contribution in [3.05, 3.63) is 39.4 Å². The molecule has 0 aliphatic rings. The minimum absolute atomic E-state index is 0.0306. The third kappa shape index (κ3) is 5.19. The van der Waals surface area contributed by atoms with Crippen LogP contribution in [-0.4, -0.2) is 27.9 Å². The van der Waals surface area contributed by atoms with Crippen LogP contribution in [0.15, 0.2) is 18.2 Å². The fourth-order valence-electron chi connectivity index (χ4n) is 1.67. The third-order valence-corrected chi connectivity index (χ3v) is 2.65. The summed E-state index contributed by atoms with van der Waals surface area (Å²) >= 11 is 0. The van der Waals surface area contributed by atoms with Gasteiger partial charge in [-0.25, -0.2) is 0 Å². The quantitative estimate of drug-likeness (QED) is 0.328. The number of carboxylic acid groups (broad SMARTS) is 1. The first-order chi connectivity index (χ1) is 10.3. The Kier molecular flexibility index (Phi) is 5.99. The topological polar surface area (TPSA) is 136 Å². The summed E-state index contributed by atoms with van der Waals surface area (Å²) in [6.45, 7) is 0.880. The molecule has 0 unspecified atom stereocenters. The van der Waals surface area contributed by atoms with Gasteiger partial charge in [0.2, 0.25) is 5.91 Å². The van der Waals surface area contributed by atoms with Crippen LogP contribution in [0.1, 0.15) is 24.5 Å². The van der Waals surface area contributed by atoms with Crippen LogP contribution in [0, 0.1) is 10.1 Å². The molecule has 0 aliphatic carbocycles. The Morgan fingerprint density at radius 1 is 1.36 bits per heavy atom. The number of benzene rings is 1. The summed E-state index contributed by atoms with van der Waals surface area (Å²) in [4.78, 5) is 42.9. The van der Waals surface area contributed by atoms with Crippen LogP contribution in [0.25, 0.3) is 0 Å². The highest BCUT2D eigenvalue weighted by Crippen LogP contribution is 2.23. The zero-order valence-corrected chi connectivity index (χ0v) is 11.7. The van der Waals surface area contributed by atoms with Crippen LogP contribution in [0.3, 0.4) is 0 Å². The number of ether oxygens (including phenoxy) is 1. The molecule has 0 radical (unpaired) electrons. The molecule has 22 heavy (non-hydrogen) atoms. The summed E-state index contributed by atoms with van der Waals surface area (Å²) in [6.07, 6.45) is -0.832. The van der Waals surface area contributed by atoms with E-state index < -0.39 is 29.9 Å². The largest absolute Gasteiger partial charge is 0.481 e. The molecule has 1 aromatic rings. The van der Waals surface area contributed by atoms with Crippen LogP contribution in [0.2, 0.25) is 0 Å². The first kappa shape index (κ1) is 17.1. The van der Waals surface area contributed by atoms with E-state index in [0.29, 0.717) is 5.56 Å². The average molecular weight is 310 g/mol. The molecule has 9 heteroatoms. The maximum atomic E-state index is 11.2. The smallest absolute Gasteiger partial charge is 0.317 e. The van der Waals surface area contributed by atoms with E-state index in [-0.39, 0.29) is 23.7 Å². The van der Waals surface area contributed by atoms with Crippen LogP contribution >= 0.6 is 0 Å². The van der Waals surface area contributed by atoms with Crippen molar-refractivity contribution < 1.29 is 29.2 Å². The molecule has 9 nitrogen and oxygen atoms in total. The molecule has 0 aromatic heterocycles. The van der Waals surface area contributed by atoms with Gasteiger partial charge in [0.1, 0.15) is 13.0 Å². The molecule has 2 N–H and O–H groups in total. The van der Waals surface area contributed by atoms with Crippen molar-refractivity contribution >= 4 is 23.5 Å². The molecule has 0 saturated heterocycles. The van der Waals surface area contributed by atoms with E-state index in [2.05, 4.69) is 5.32 Å². The van der Waals surface area contributed by atoms with Gasteiger partial charge in [0.15, 0.2) is 0 Å². The second kappa shape index (κ2) is 7.72. The maximum absolute atomic E-state index is 11.2. The van der Waals surface area contributed by atoms with E-state index in [1.54, 1.807) is 6.07 Å². The monoisotopic (exact) mass is 310 g/mol. The van der Waals surface area contributed by atoms with Gasteiger partial charge >= 0.3 is 11.9 Å². The lowest BCUT2D eigenvalue weighted by atomic mass is 10.1.